The van der Waals surface area contributed by atoms with Crippen molar-refractivity contribution in [2.24, 2.45) is 0 Å². The number of likely N-dealkylation sites (N-methyl/N-ethyl adjacent to an activating group) is 1. The Morgan fingerprint density at radius 3 is 2.19 bits per heavy atom. The average molecular weight is 425 g/mol. The monoisotopic (exact) mass is 425 g/mol. The summed E-state index contributed by atoms with van der Waals surface area (Å²) in [5.74, 6) is -1.56. The lowest BCUT2D eigenvalue weighted by atomic mass is 10.0. The van der Waals surface area contributed by atoms with Crippen LogP contribution >= 0.6 is 0 Å². The highest BCUT2D eigenvalue weighted by Gasteiger charge is 2.25. The highest BCUT2D eigenvalue weighted by atomic mass is 16.6. The van der Waals surface area contributed by atoms with Gasteiger partial charge in [-0.25, -0.2) is 0 Å². The van der Waals surface area contributed by atoms with Crippen molar-refractivity contribution in [2.45, 2.75) is 13.0 Å². The Morgan fingerprint density at radius 2 is 1.61 bits per heavy atom. The second-order valence-corrected chi connectivity index (χ2v) is 7.73. The smallest absolute Gasteiger partial charge is 0.313 e. The number of anilines is 1. The summed E-state index contributed by atoms with van der Waals surface area (Å²) in [6.45, 7) is 5.96. The molecule has 1 aliphatic heterocycles. The molecule has 3 rings (SSSR count). The topological polar surface area (TPSA) is 108 Å². The first-order valence-corrected chi connectivity index (χ1v) is 10.2. The SMILES string of the molecule is Cc1ccc([C@H](CNC(=O)C(=O)Nc2ccc([N+](=O)[O-])cc2)N2CCN(C)CC2)cc1. The number of aryl methyl sites for hydroxylation is 1. The van der Waals surface area contributed by atoms with Crippen LogP contribution in [0, 0.1) is 17.0 Å². The number of hydrogen-bond donors (Lipinski definition) is 2. The van der Waals surface area contributed by atoms with Crippen molar-refractivity contribution < 1.29 is 14.5 Å². The summed E-state index contributed by atoms with van der Waals surface area (Å²) in [6.07, 6.45) is 0. The van der Waals surface area contributed by atoms with Crippen LogP contribution in [-0.2, 0) is 9.59 Å². The molecule has 0 aliphatic carbocycles. The van der Waals surface area contributed by atoms with Gasteiger partial charge in [0, 0.05) is 50.5 Å². The summed E-state index contributed by atoms with van der Waals surface area (Å²) in [7, 11) is 2.09. The van der Waals surface area contributed by atoms with Gasteiger partial charge in [-0.3, -0.25) is 24.6 Å². The van der Waals surface area contributed by atoms with Gasteiger partial charge in [-0.2, -0.15) is 0 Å². The molecule has 0 saturated carbocycles. The predicted molar refractivity (Wildman–Crippen MR) is 118 cm³/mol. The van der Waals surface area contributed by atoms with E-state index in [1.165, 1.54) is 24.3 Å². The second kappa shape index (κ2) is 10.1. The number of amides is 2. The maximum atomic E-state index is 12.4. The Bertz CT molecular complexity index is 922. The minimum absolute atomic E-state index is 0.0366. The molecule has 0 radical (unpaired) electrons. The highest BCUT2D eigenvalue weighted by molar-refractivity contribution is 6.39. The molecule has 1 atom stereocenters. The van der Waals surface area contributed by atoms with Crippen molar-refractivity contribution in [2.75, 3.05) is 45.1 Å². The zero-order chi connectivity index (χ0) is 22.4. The van der Waals surface area contributed by atoms with Gasteiger partial charge in [-0.05, 0) is 31.7 Å². The second-order valence-electron chi connectivity index (χ2n) is 7.73. The number of nitrogens with one attached hydrogen (secondary N) is 2. The maximum absolute atomic E-state index is 12.4. The van der Waals surface area contributed by atoms with E-state index in [4.69, 9.17) is 0 Å². The number of piperazine rings is 1. The van der Waals surface area contributed by atoms with Crippen molar-refractivity contribution >= 4 is 23.2 Å². The first-order valence-electron chi connectivity index (χ1n) is 10.2. The number of nitro groups is 1. The lowest BCUT2D eigenvalue weighted by Gasteiger charge is -2.38. The van der Waals surface area contributed by atoms with Crippen molar-refractivity contribution in [3.8, 4) is 0 Å². The summed E-state index contributed by atoms with van der Waals surface area (Å²) >= 11 is 0. The summed E-state index contributed by atoms with van der Waals surface area (Å²) in [6, 6.07) is 13.5. The Labute approximate surface area is 181 Å². The third-order valence-electron chi connectivity index (χ3n) is 5.44. The Balaban J connectivity index is 1.62. The largest absolute Gasteiger partial charge is 0.346 e. The van der Waals surface area contributed by atoms with Gasteiger partial charge in [0.05, 0.1) is 11.0 Å². The molecule has 1 heterocycles. The zero-order valence-corrected chi connectivity index (χ0v) is 17.7. The Kier molecular flexibility index (Phi) is 7.32. The first kappa shape index (κ1) is 22.4. The number of carbonyl (C=O) groups is 2. The molecule has 9 heteroatoms. The molecule has 1 saturated heterocycles. The number of benzene rings is 2. The molecule has 0 spiro atoms. The van der Waals surface area contributed by atoms with E-state index in [2.05, 4.69) is 39.6 Å². The maximum Gasteiger partial charge on any atom is 0.313 e. The molecule has 164 valence electrons. The van der Waals surface area contributed by atoms with Crippen LogP contribution in [0.4, 0.5) is 11.4 Å². The molecule has 2 N–H and O–H groups in total. The highest BCUT2D eigenvalue weighted by Crippen LogP contribution is 2.22. The van der Waals surface area contributed by atoms with E-state index in [1.54, 1.807) is 0 Å². The van der Waals surface area contributed by atoms with Crippen molar-refractivity contribution in [3.05, 3.63) is 69.8 Å². The van der Waals surface area contributed by atoms with E-state index in [0.717, 1.165) is 37.3 Å². The van der Waals surface area contributed by atoms with Gasteiger partial charge in [0.15, 0.2) is 0 Å². The molecule has 2 aromatic carbocycles. The fourth-order valence-electron chi connectivity index (χ4n) is 3.50. The summed E-state index contributed by atoms with van der Waals surface area (Å²) < 4.78 is 0. The predicted octanol–water partition coefficient (Wildman–Crippen LogP) is 1.95. The normalized spacial score (nSPS) is 15.8. The molecule has 0 aromatic heterocycles. The van der Waals surface area contributed by atoms with Gasteiger partial charge in [-0.1, -0.05) is 29.8 Å². The Morgan fingerprint density at radius 1 is 1.00 bits per heavy atom. The van der Waals surface area contributed by atoms with Gasteiger partial charge < -0.3 is 15.5 Å². The Hall–Kier alpha value is -3.30. The summed E-state index contributed by atoms with van der Waals surface area (Å²) in [5, 5.41) is 15.9. The van der Waals surface area contributed by atoms with Crippen LogP contribution in [0.3, 0.4) is 0 Å². The number of non-ortho nitro benzene ring substituents is 1. The fraction of sp³-hybridized carbons (Fsp3) is 0.364. The van der Waals surface area contributed by atoms with E-state index in [0.29, 0.717) is 12.2 Å². The third kappa shape index (κ3) is 6.09. The van der Waals surface area contributed by atoms with E-state index in [9.17, 15) is 19.7 Å². The first-order chi connectivity index (χ1) is 14.8. The summed E-state index contributed by atoms with van der Waals surface area (Å²) in [5.41, 5.74) is 2.48. The number of carbonyl (C=O) groups excluding carboxylic acids is 2. The van der Waals surface area contributed by atoms with Crippen LogP contribution in [-0.4, -0.2) is 66.3 Å². The number of rotatable bonds is 6. The van der Waals surface area contributed by atoms with E-state index >= 15 is 0 Å². The number of nitro benzene ring substituents is 1. The quantitative estimate of drug-likeness (QED) is 0.416. The van der Waals surface area contributed by atoms with Crippen LogP contribution in [0.25, 0.3) is 0 Å². The van der Waals surface area contributed by atoms with Crippen LogP contribution in [0.5, 0.6) is 0 Å². The average Bonchev–Trinajstić information content (AvgIpc) is 2.76. The van der Waals surface area contributed by atoms with E-state index < -0.39 is 16.7 Å². The van der Waals surface area contributed by atoms with E-state index in [1.807, 2.05) is 19.1 Å². The van der Waals surface area contributed by atoms with Gasteiger partial charge in [-0.15, -0.1) is 0 Å². The van der Waals surface area contributed by atoms with Gasteiger partial charge in [0.25, 0.3) is 5.69 Å². The van der Waals surface area contributed by atoms with Gasteiger partial charge in [0.1, 0.15) is 0 Å². The molecular weight excluding hydrogens is 398 g/mol. The van der Waals surface area contributed by atoms with Gasteiger partial charge >= 0.3 is 11.8 Å². The molecule has 9 nitrogen and oxygen atoms in total. The van der Waals surface area contributed by atoms with Crippen LogP contribution in [0.2, 0.25) is 0 Å². The lowest BCUT2D eigenvalue weighted by molar-refractivity contribution is -0.384. The van der Waals surface area contributed by atoms with Crippen molar-refractivity contribution in [1.82, 2.24) is 15.1 Å². The molecule has 0 bridgehead atoms. The molecule has 2 aromatic rings. The number of nitrogens with zero attached hydrogens (tertiary/aromatic N) is 3. The summed E-state index contributed by atoms with van der Waals surface area (Å²) in [4.78, 5) is 39.4. The molecule has 2 amide bonds. The molecule has 0 unspecified atom stereocenters. The van der Waals surface area contributed by atoms with Crippen molar-refractivity contribution in [3.63, 3.8) is 0 Å². The standard InChI is InChI=1S/C22H27N5O4/c1-16-3-5-17(6-4-16)20(26-13-11-25(2)12-14-26)15-23-21(28)22(29)24-18-7-9-19(10-8-18)27(30)31/h3-10,20H,11-15H2,1-2H3,(H,23,28)(H,24,29)/t20-/m0/s1. The third-order valence-corrected chi connectivity index (χ3v) is 5.44. The van der Waals surface area contributed by atoms with Crippen LogP contribution < -0.4 is 10.6 Å². The number of hydrogen-bond acceptors (Lipinski definition) is 6. The van der Waals surface area contributed by atoms with Gasteiger partial charge in [0.2, 0.25) is 0 Å². The molecule has 1 aliphatic rings. The minimum atomic E-state index is -0.810. The van der Waals surface area contributed by atoms with Crippen LogP contribution in [0.15, 0.2) is 48.5 Å². The zero-order valence-electron chi connectivity index (χ0n) is 17.7. The molecule has 31 heavy (non-hydrogen) atoms. The lowest BCUT2D eigenvalue weighted by Crippen LogP contribution is -2.49. The van der Waals surface area contributed by atoms with E-state index in [-0.39, 0.29) is 11.7 Å². The molecular formula is C22H27N5O4. The van der Waals surface area contributed by atoms with Crippen molar-refractivity contribution in [1.29, 1.82) is 0 Å². The molecule has 1 fully saturated rings. The van der Waals surface area contributed by atoms with Crippen LogP contribution in [0.1, 0.15) is 17.2 Å². The minimum Gasteiger partial charge on any atom is -0.346 e. The fourth-order valence-corrected chi connectivity index (χ4v) is 3.50.